The highest BCUT2D eigenvalue weighted by Crippen LogP contribution is 2.30. The number of anilines is 1. The Balaban J connectivity index is 2.19. The average molecular weight is 327 g/mol. The van der Waals surface area contributed by atoms with E-state index in [0.29, 0.717) is 6.04 Å². The molecule has 19 heavy (non-hydrogen) atoms. The third-order valence-corrected chi connectivity index (χ3v) is 4.21. The molecular formula is C15H23BrN2O. The Labute approximate surface area is 124 Å². The molecule has 4 heteroatoms. The van der Waals surface area contributed by atoms with Crippen LogP contribution in [0.3, 0.4) is 0 Å². The van der Waals surface area contributed by atoms with E-state index in [9.17, 15) is 0 Å². The van der Waals surface area contributed by atoms with Crippen molar-refractivity contribution in [2.75, 3.05) is 24.7 Å². The molecule has 0 bridgehead atoms. The topological polar surface area (TPSA) is 38.5 Å². The van der Waals surface area contributed by atoms with Gasteiger partial charge in [0.2, 0.25) is 0 Å². The van der Waals surface area contributed by atoms with E-state index in [-0.39, 0.29) is 6.04 Å². The molecule has 0 aliphatic carbocycles. The first-order chi connectivity index (χ1) is 9.11. The standard InChI is InChI=1S/C15H23BrN2O/c1-3-13-10-19-7-6-18(13)15-5-4-12(8-11(2)17)9-14(15)16/h4-5,9,11,13H,3,6-8,10,17H2,1-2H3. The summed E-state index contributed by atoms with van der Waals surface area (Å²) < 4.78 is 6.73. The van der Waals surface area contributed by atoms with Crippen molar-refractivity contribution in [3.05, 3.63) is 28.2 Å². The van der Waals surface area contributed by atoms with Crippen LogP contribution in [0.15, 0.2) is 22.7 Å². The van der Waals surface area contributed by atoms with E-state index in [2.05, 4.69) is 46.0 Å². The summed E-state index contributed by atoms with van der Waals surface area (Å²) >= 11 is 3.71. The Hall–Kier alpha value is -0.580. The number of ether oxygens (including phenoxy) is 1. The second kappa shape index (κ2) is 6.73. The second-order valence-corrected chi connectivity index (χ2v) is 6.15. The van der Waals surface area contributed by atoms with Crippen LogP contribution in [0, 0.1) is 0 Å². The van der Waals surface area contributed by atoms with E-state index in [0.717, 1.165) is 37.1 Å². The maximum Gasteiger partial charge on any atom is 0.0670 e. The fraction of sp³-hybridized carbons (Fsp3) is 0.600. The molecule has 1 aliphatic heterocycles. The van der Waals surface area contributed by atoms with Crippen LogP contribution in [0.4, 0.5) is 5.69 Å². The second-order valence-electron chi connectivity index (χ2n) is 5.30. The molecule has 3 nitrogen and oxygen atoms in total. The van der Waals surface area contributed by atoms with Crippen LogP contribution in [0.25, 0.3) is 0 Å². The number of hydrogen-bond acceptors (Lipinski definition) is 3. The van der Waals surface area contributed by atoms with Crippen molar-refractivity contribution in [3.8, 4) is 0 Å². The van der Waals surface area contributed by atoms with Gasteiger partial charge in [-0.2, -0.15) is 0 Å². The van der Waals surface area contributed by atoms with Gasteiger partial charge in [-0.05, 0) is 53.4 Å². The maximum atomic E-state index is 5.86. The van der Waals surface area contributed by atoms with Crippen molar-refractivity contribution in [1.29, 1.82) is 0 Å². The van der Waals surface area contributed by atoms with E-state index < -0.39 is 0 Å². The molecule has 2 N–H and O–H groups in total. The molecule has 1 aromatic carbocycles. The quantitative estimate of drug-likeness (QED) is 0.924. The van der Waals surface area contributed by atoms with Crippen molar-refractivity contribution in [2.45, 2.75) is 38.8 Å². The summed E-state index contributed by atoms with van der Waals surface area (Å²) in [6, 6.07) is 7.26. The average Bonchev–Trinajstić information content (AvgIpc) is 2.38. The molecule has 1 heterocycles. The fourth-order valence-electron chi connectivity index (χ4n) is 2.59. The monoisotopic (exact) mass is 326 g/mol. The van der Waals surface area contributed by atoms with Crippen LogP contribution in [0.2, 0.25) is 0 Å². The fourth-order valence-corrected chi connectivity index (χ4v) is 3.25. The van der Waals surface area contributed by atoms with Crippen LogP contribution in [0.5, 0.6) is 0 Å². The minimum atomic E-state index is 0.199. The van der Waals surface area contributed by atoms with Crippen LogP contribution in [-0.2, 0) is 11.2 Å². The number of benzene rings is 1. The first kappa shape index (κ1) is 14.8. The normalized spacial score (nSPS) is 21.5. The lowest BCUT2D eigenvalue weighted by atomic mass is 10.1. The highest BCUT2D eigenvalue weighted by Gasteiger charge is 2.23. The van der Waals surface area contributed by atoms with Gasteiger partial charge in [0, 0.05) is 17.1 Å². The van der Waals surface area contributed by atoms with Gasteiger partial charge in [-0.1, -0.05) is 13.0 Å². The highest BCUT2D eigenvalue weighted by molar-refractivity contribution is 9.10. The van der Waals surface area contributed by atoms with Crippen molar-refractivity contribution >= 4 is 21.6 Å². The van der Waals surface area contributed by atoms with Crippen LogP contribution in [-0.4, -0.2) is 31.8 Å². The molecule has 0 spiro atoms. The smallest absolute Gasteiger partial charge is 0.0670 e. The van der Waals surface area contributed by atoms with Crippen molar-refractivity contribution in [3.63, 3.8) is 0 Å². The number of nitrogens with zero attached hydrogens (tertiary/aromatic N) is 1. The molecule has 1 aromatic rings. The lowest BCUT2D eigenvalue weighted by molar-refractivity contribution is 0.0929. The molecular weight excluding hydrogens is 304 g/mol. The SMILES string of the molecule is CCC1COCCN1c1ccc(CC(C)N)cc1Br. The van der Waals surface area contributed by atoms with E-state index >= 15 is 0 Å². The molecule has 0 saturated carbocycles. The third-order valence-electron chi connectivity index (χ3n) is 3.58. The summed E-state index contributed by atoms with van der Waals surface area (Å²) in [4.78, 5) is 2.45. The van der Waals surface area contributed by atoms with Crippen molar-refractivity contribution in [2.24, 2.45) is 5.73 Å². The lowest BCUT2D eigenvalue weighted by Gasteiger charge is -2.37. The first-order valence-corrected chi connectivity index (χ1v) is 7.79. The largest absolute Gasteiger partial charge is 0.377 e. The number of morpholine rings is 1. The predicted molar refractivity (Wildman–Crippen MR) is 83.7 cm³/mol. The Kier molecular flexibility index (Phi) is 5.25. The van der Waals surface area contributed by atoms with Crippen molar-refractivity contribution in [1.82, 2.24) is 0 Å². The third kappa shape index (κ3) is 3.71. The minimum Gasteiger partial charge on any atom is -0.377 e. The zero-order valence-corrected chi connectivity index (χ0v) is 13.3. The molecule has 1 fully saturated rings. The van der Waals surface area contributed by atoms with Crippen LogP contribution >= 0.6 is 15.9 Å². The van der Waals surface area contributed by atoms with Crippen LogP contribution < -0.4 is 10.6 Å². The van der Waals surface area contributed by atoms with Crippen LogP contribution in [0.1, 0.15) is 25.8 Å². The summed E-state index contributed by atoms with van der Waals surface area (Å²) in [6.07, 6.45) is 2.02. The first-order valence-electron chi connectivity index (χ1n) is 7.00. The van der Waals surface area contributed by atoms with E-state index in [4.69, 9.17) is 10.5 Å². The molecule has 0 radical (unpaired) electrons. The molecule has 106 valence electrons. The van der Waals surface area contributed by atoms with E-state index in [1.165, 1.54) is 11.3 Å². The zero-order chi connectivity index (χ0) is 13.8. The number of hydrogen-bond donors (Lipinski definition) is 1. The molecule has 1 aliphatic rings. The van der Waals surface area contributed by atoms with E-state index in [1.807, 2.05) is 6.92 Å². The lowest BCUT2D eigenvalue weighted by Crippen LogP contribution is -2.45. The van der Waals surface area contributed by atoms with E-state index in [1.54, 1.807) is 0 Å². The van der Waals surface area contributed by atoms with Gasteiger partial charge in [0.05, 0.1) is 24.9 Å². The molecule has 1 saturated heterocycles. The Morgan fingerprint density at radius 3 is 2.95 bits per heavy atom. The number of nitrogens with two attached hydrogens (primary N) is 1. The van der Waals surface area contributed by atoms with Gasteiger partial charge in [0.25, 0.3) is 0 Å². The van der Waals surface area contributed by atoms with Gasteiger partial charge >= 0.3 is 0 Å². The Morgan fingerprint density at radius 1 is 1.53 bits per heavy atom. The number of rotatable bonds is 4. The van der Waals surface area contributed by atoms with Gasteiger partial charge < -0.3 is 15.4 Å². The molecule has 0 aromatic heterocycles. The van der Waals surface area contributed by atoms with Gasteiger partial charge in [0.15, 0.2) is 0 Å². The molecule has 2 unspecified atom stereocenters. The van der Waals surface area contributed by atoms with Crippen molar-refractivity contribution < 1.29 is 4.74 Å². The summed E-state index contributed by atoms with van der Waals surface area (Å²) in [5, 5.41) is 0. The molecule has 2 rings (SSSR count). The predicted octanol–water partition coefficient (Wildman–Crippen LogP) is 2.95. The summed E-state index contributed by atoms with van der Waals surface area (Å²) in [5.41, 5.74) is 8.41. The Morgan fingerprint density at radius 2 is 2.32 bits per heavy atom. The van der Waals surface area contributed by atoms with Gasteiger partial charge in [-0.25, -0.2) is 0 Å². The van der Waals surface area contributed by atoms with Gasteiger partial charge in [-0.3, -0.25) is 0 Å². The minimum absolute atomic E-state index is 0.199. The maximum absolute atomic E-state index is 5.86. The zero-order valence-electron chi connectivity index (χ0n) is 11.7. The summed E-state index contributed by atoms with van der Waals surface area (Å²) in [7, 11) is 0. The van der Waals surface area contributed by atoms with Gasteiger partial charge in [-0.15, -0.1) is 0 Å². The molecule has 0 amide bonds. The molecule has 2 atom stereocenters. The van der Waals surface area contributed by atoms with Gasteiger partial charge in [0.1, 0.15) is 0 Å². The number of halogens is 1. The summed E-state index contributed by atoms with van der Waals surface area (Å²) in [6.45, 7) is 6.85. The highest BCUT2D eigenvalue weighted by atomic mass is 79.9. The summed E-state index contributed by atoms with van der Waals surface area (Å²) in [5.74, 6) is 0. The Bertz CT molecular complexity index is 423.